The molecule has 0 radical (unpaired) electrons. The zero-order valence-corrected chi connectivity index (χ0v) is 28.2. The van der Waals surface area contributed by atoms with Crippen molar-refractivity contribution in [1.82, 2.24) is 14.5 Å². The maximum Gasteiger partial charge on any atom is 0.309 e. The van der Waals surface area contributed by atoms with Crippen LogP contribution >= 0.6 is 11.8 Å². The third kappa shape index (κ3) is 7.31. The summed E-state index contributed by atoms with van der Waals surface area (Å²) in [5, 5.41) is 21.5. The van der Waals surface area contributed by atoms with Gasteiger partial charge in [-0.05, 0) is 68.3 Å². The number of aliphatic carboxylic acids is 1. The minimum atomic E-state index is -0.991. The van der Waals surface area contributed by atoms with Crippen molar-refractivity contribution >= 4 is 28.6 Å². The quantitative estimate of drug-likeness (QED) is 0.139. The predicted octanol–water partition coefficient (Wildman–Crippen LogP) is 8.54. The minimum Gasteiger partial charge on any atom is -0.506 e. The average molecular weight is 640 g/mol. The number of fused-ring (bicyclic) bond motifs is 1. The number of rotatable bonds is 11. The summed E-state index contributed by atoms with van der Waals surface area (Å²) in [5.74, 6) is 0.443. The van der Waals surface area contributed by atoms with E-state index in [2.05, 4.69) is 59.6 Å². The van der Waals surface area contributed by atoms with Gasteiger partial charge in [0.25, 0.3) is 0 Å². The largest absolute Gasteiger partial charge is 0.506 e. The van der Waals surface area contributed by atoms with Crippen LogP contribution in [-0.4, -0.2) is 42.6 Å². The van der Waals surface area contributed by atoms with E-state index in [0.717, 1.165) is 38.2 Å². The maximum atomic E-state index is 12.4. The first-order chi connectivity index (χ1) is 21.8. The Morgan fingerprint density at radius 3 is 2.30 bits per heavy atom. The van der Waals surface area contributed by atoms with Gasteiger partial charge in [-0.3, -0.25) is 9.78 Å². The predicted molar refractivity (Wildman–Crippen MR) is 183 cm³/mol. The molecule has 46 heavy (non-hydrogen) atoms. The van der Waals surface area contributed by atoms with Crippen molar-refractivity contribution in [2.75, 3.05) is 7.11 Å². The van der Waals surface area contributed by atoms with Crippen LogP contribution in [-0.2, 0) is 17.8 Å². The molecule has 0 spiro atoms. The second kappa shape index (κ2) is 13.1. The number of ether oxygens (including phenoxy) is 2. The van der Waals surface area contributed by atoms with Crippen LogP contribution in [0, 0.1) is 5.41 Å². The van der Waals surface area contributed by atoms with Crippen molar-refractivity contribution in [3.8, 4) is 28.5 Å². The van der Waals surface area contributed by atoms with Crippen LogP contribution in [0.25, 0.3) is 22.0 Å². The standard InChI is InChI=1S/C37H41N3O5S/c1-23(33-31(41)9-8-18-38-33)45-27-15-16-29-28(19-27)34(46-36(2,3)4)30(20-37(5,6)35(42)43)40(29)22-24-10-12-25(13-11-24)26-14-17-32(44-7)39-21-26/h8-19,21,23,41H,20,22H2,1-7H3,(H,42,43). The number of aromatic nitrogens is 3. The fourth-order valence-electron chi connectivity index (χ4n) is 5.34. The summed E-state index contributed by atoms with van der Waals surface area (Å²) in [4.78, 5) is 22.1. The van der Waals surface area contributed by atoms with Crippen molar-refractivity contribution < 1.29 is 24.5 Å². The molecule has 1 atom stereocenters. The van der Waals surface area contributed by atoms with E-state index in [-0.39, 0.29) is 10.5 Å². The molecule has 0 fully saturated rings. The first kappa shape index (κ1) is 32.9. The van der Waals surface area contributed by atoms with Crippen LogP contribution in [0.3, 0.4) is 0 Å². The van der Waals surface area contributed by atoms with Crippen molar-refractivity contribution in [2.45, 2.75) is 70.3 Å². The Labute approximate surface area is 274 Å². The van der Waals surface area contributed by atoms with E-state index >= 15 is 0 Å². The summed E-state index contributed by atoms with van der Waals surface area (Å²) < 4.78 is 13.6. The average Bonchev–Trinajstić information content (AvgIpc) is 3.26. The molecule has 0 aliphatic carbocycles. The number of pyridine rings is 2. The van der Waals surface area contributed by atoms with Gasteiger partial charge in [0.2, 0.25) is 5.88 Å². The number of benzene rings is 2. The van der Waals surface area contributed by atoms with Gasteiger partial charge in [0.15, 0.2) is 0 Å². The van der Waals surface area contributed by atoms with E-state index in [4.69, 9.17) is 9.47 Å². The fraction of sp³-hybridized carbons (Fsp3) is 0.324. The molecule has 5 rings (SSSR count). The van der Waals surface area contributed by atoms with Crippen LogP contribution in [0.1, 0.15) is 64.6 Å². The second-order valence-corrected chi connectivity index (χ2v) is 14.9. The molecule has 3 heterocycles. The monoisotopic (exact) mass is 639 g/mol. The number of carboxylic acid groups (broad SMARTS) is 1. The fourth-order valence-corrected chi connectivity index (χ4v) is 6.52. The molecule has 5 aromatic rings. The normalized spacial score (nSPS) is 12.7. The highest BCUT2D eigenvalue weighted by atomic mass is 32.2. The van der Waals surface area contributed by atoms with Gasteiger partial charge in [-0.2, -0.15) is 0 Å². The minimum absolute atomic E-state index is 0.0821. The Kier molecular flexibility index (Phi) is 9.35. The maximum absolute atomic E-state index is 12.4. The van der Waals surface area contributed by atoms with E-state index in [1.807, 2.05) is 37.3 Å². The molecule has 0 amide bonds. The number of carbonyl (C=O) groups is 1. The van der Waals surface area contributed by atoms with Crippen LogP contribution in [0.4, 0.5) is 0 Å². The van der Waals surface area contributed by atoms with Gasteiger partial charge in [-0.25, -0.2) is 4.98 Å². The first-order valence-electron chi connectivity index (χ1n) is 15.2. The molecule has 0 bridgehead atoms. The second-order valence-electron chi connectivity index (χ2n) is 13.1. The SMILES string of the molecule is COc1ccc(-c2ccc(Cn3c(CC(C)(C)C(=O)O)c(SC(C)(C)C)c4cc(OC(C)c5ncccc5O)ccc43)cc2)cn1. The Morgan fingerprint density at radius 1 is 0.978 bits per heavy atom. The van der Waals surface area contributed by atoms with Crippen molar-refractivity contribution in [3.05, 3.63) is 96.1 Å². The molecule has 9 heteroatoms. The van der Waals surface area contributed by atoms with Gasteiger partial charge >= 0.3 is 5.97 Å². The lowest BCUT2D eigenvalue weighted by atomic mass is 9.88. The molecule has 240 valence electrons. The van der Waals surface area contributed by atoms with Gasteiger partial charge in [0.05, 0.1) is 12.5 Å². The summed E-state index contributed by atoms with van der Waals surface area (Å²) in [6, 6.07) is 21.5. The highest BCUT2D eigenvalue weighted by Crippen LogP contribution is 2.44. The third-order valence-electron chi connectivity index (χ3n) is 7.78. The zero-order valence-electron chi connectivity index (χ0n) is 27.4. The van der Waals surface area contributed by atoms with Crippen LogP contribution < -0.4 is 9.47 Å². The molecule has 0 aliphatic rings. The molecule has 2 N–H and O–H groups in total. The Hall–Kier alpha value is -4.50. The number of hydrogen-bond donors (Lipinski definition) is 2. The summed E-state index contributed by atoms with van der Waals surface area (Å²) in [6.07, 6.45) is 3.29. The van der Waals surface area contributed by atoms with E-state index in [1.165, 1.54) is 0 Å². The highest BCUT2D eigenvalue weighted by molar-refractivity contribution is 8.00. The Bertz CT molecular complexity index is 1840. The van der Waals surface area contributed by atoms with Gasteiger partial charge in [0, 0.05) is 63.2 Å². The molecular formula is C37H41N3O5S. The van der Waals surface area contributed by atoms with Crippen LogP contribution in [0.15, 0.2) is 84.0 Å². The lowest BCUT2D eigenvalue weighted by Crippen LogP contribution is -2.28. The van der Waals surface area contributed by atoms with E-state index < -0.39 is 17.5 Å². The smallest absolute Gasteiger partial charge is 0.309 e. The molecule has 0 saturated carbocycles. The molecule has 1 unspecified atom stereocenters. The van der Waals surface area contributed by atoms with Gasteiger partial charge < -0.3 is 24.3 Å². The number of nitrogens with zero attached hydrogens (tertiary/aromatic N) is 3. The molecule has 0 aliphatic heterocycles. The van der Waals surface area contributed by atoms with Crippen molar-refractivity contribution in [1.29, 1.82) is 0 Å². The van der Waals surface area contributed by atoms with Crippen LogP contribution in [0.2, 0.25) is 0 Å². The van der Waals surface area contributed by atoms with E-state index in [0.29, 0.717) is 30.3 Å². The zero-order chi connectivity index (χ0) is 33.2. The first-order valence-corrected chi connectivity index (χ1v) is 16.0. The summed E-state index contributed by atoms with van der Waals surface area (Å²) in [7, 11) is 1.60. The van der Waals surface area contributed by atoms with Crippen LogP contribution in [0.5, 0.6) is 17.4 Å². The summed E-state index contributed by atoms with van der Waals surface area (Å²) in [6.45, 7) is 12.4. The van der Waals surface area contributed by atoms with Gasteiger partial charge in [-0.15, -0.1) is 11.8 Å². The lowest BCUT2D eigenvalue weighted by molar-refractivity contribution is -0.146. The summed E-state index contributed by atoms with van der Waals surface area (Å²) >= 11 is 1.73. The van der Waals surface area contributed by atoms with Gasteiger partial charge in [-0.1, -0.05) is 45.0 Å². The Morgan fingerprint density at radius 2 is 1.70 bits per heavy atom. The Balaban J connectivity index is 1.59. The van der Waals surface area contributed by atoms with E-state index in [9.17, 15) is 15.0 Å². The van der Waals surface area contributed by atoms with Gasteiger partial charge in [0.1, 0.15) is 23.3 Å². The summed E-state index contributed by atoms with van der Waals surface area (Å²) in [5.41, 5.74) is 4.56. The topological polar surface area (TPSA) is 107 Å². The number of thioether (sulfide) groups is 1. The highest BCUT2D eigenvalue weighted by Gasteiger charge is 2.33. The number of carboxylic acids is 1. The molecule has 2 aromatic carbocycles. The molecular weight excluding hydrogens is 598 g/mol. The van der Waals surface area contributed by atoms with Crippen molar-refractivity contribution in [2.24, 2.45) is 5.41 Å². The molecule has 8 nitrogen and oxygen atoms in total. The number of aromatic hydroxyl groups is 1. The number of methoxy groups -OCH3 is 1. The lowest BCUT2D eigenvalue weighted by Gasteiger charge is -2.24. The third-order valence-corrected chi connectivity index (χ3v) is 9.05. The molecule has 0 saturated heterocycles. The van der Waals surface area contributed by atoms with Crippen molar-refractivity contribution in [3.63, 3.8) is 0 Å². The number of hydrogen-bond acceptors (Lipinski definition) is 7. The van der Waals surface area contributed by atoms with E-state index in [1.54, 1.807) is 57.2 Å². The molecule has 3 aromatic heterocycles.